The number of methoxy groups -OCH3 is 1. The van der Waals surface area contributed by atoms with Gasteiger partial charge in [-0.25, -0.2) is 15.8 Å². The van der Waals surface area contributed by atoms with Gasteiger partial charge in [0, 0.05) is 12.0 Å². The van der Waals surface area contributed by atoms with E-state index in [4.69, 9.17) is 15.6 Å². The topological polar surface area (TPSA) is 73.1 Å². The summed E-state index contributed by atoms with van der Waals surface area (Å²) in [4.78, 5) is 11.9. The molecule has 0 spiro atoms. The molecule has 0 aromatic carbocycles. The minimum atomic E-state index is -0.482. The molecule has 0 amide bonds. The number of nitrogens with zero attached hydrogens (tertiary/aromatic N) is 2. The van der Waals surface area contributed by atoms with Crippen LogP contribution < -0.4 is 11.3 Å². The molecule has 1 aliphatic carbocycles. The molecule has 0 bridgehead atoms. The van der Waals surface area contributed by atoms with Crippen molar-refractivity contribution in [2.45, 2.75) is 51.6 Å². The fourth-order valence-electron chi connectivity index (χ4n) is 2.89. The summed E-state index contributed by atoms with van der Waals surface area (Å²) in [6.45, 7) is 4.09. The van der Waals surface area contributed by atoms with E-state index in [0.717, 1.165) is 35.3 Å². The van der Waals surface area contributed by atoms with Gasteiger partial charge in [0.15, 0.2) is 11.6 Å². The number of nitrogens with two attached hydrogens (primary N) is 1. The Labute approximate surface area is 128 Å². The van der Waals surface area contributed by atoms with Crippen molar-refractivity contribution in [2.24, 2.45) is 5.84 Å². The number of ether oxygens (including phenoxy) is 1. The highest BCUT2D eigenvalue weighted by Gasteiger charge is 2.30. The van der Waals surface area contributed by atoms with Gasteiger partial charge in [-0.2, -0.15) is 0 Å². The van der Waals surface area contributed by atoms with Gasteiger partial charge in [-0.05, 0) is 44.6 Å². The van der Waals surface area contributed by atoms with E-state index < -0.39 is 5.60 Å². The summed E-state index contributed by atoms with van der Waals surface area (Å²) < 4.78 is 5.63. The van der Waals surface area contributed by atoms with E-state index >= 15 is 0 Å². The van der Waals surface area contributed by atoms with Crippen LogP contribution in [0.1, 0.15) is 49.4 Å². The Bertz CT molecular complexity index is 663. The smallest absolute Gasteiger partial charge is 0.163 e. The van der Waals surface area contributed by atoms with Gasteiger partial charge >= 0.3 is 0 Å². The zero-order valence-corrected chi connectivity index (χ0v) is 13.6. The van der Waals surface area contributed by atoms with Gasteiger partial charge in [-0.3, -0.25) is 0 Å². The Morgan fingerprint density at radius 2 is 2.10 bits per heavy atom. The largest absolute Gasteiger partial charge is 0.371 e. The van der Waals surface area contributed by atoms with Gasteiger partial charge < -0.3 is 10.2 Å². The van der Waals surface area contributed by atoms with Crippen LogP contribution in [-0.4, -0.2) is 17.1 Å². The summed E-state index contributed by atoms with van der Waals surface area (Å²) in [7, 11) is 1.70. The maximum atomic E-state index is 5.73. The highest BCUT2D eigenvalue weighted by atomic mass is 32.1. The second kappa shape index (κ2) is 5.51. The number of rotatable bonds is 4. The third kappa shape index (κ3) is 2.31. The molecule has 0 saturated carbocycles. The molecule has 0 aliphatic heterocycles. The van der Waals surface area contributed by atoms with Crippen molar-refractivity contribution in [3.8, 4) is 0 Å². The van der Waals surface area contributed by atoms with Crippen LogP contribution in [0.3, 0.4) is 0 Å². The minimum absolute atomic E-state index is 0.482. The number of hydrogen-bond acceptors (Lipinski definition) is 6. The molecule has 6 heteroatoms. The fraction of sp³-hybridized carbons (Fsp3) is 0.600. The summed E-state index contributed by atoms with van der Waals surface area (Å²) in [6, 6.07) is 0. The molecule has 114 valence electrons. The summed E-state index contributed by atoms with van der Waals surface area (Å²) in [5.41, 5.74) is 3.67. The molecule has 2 aromatic rings. The van der Waals surface area contributed by atoms with E-state index in [-0.39, 0.29) is 0 Å². The first-order valence-electron chi connectivity index (χ1n) is 7.47. The van der Waals surface area contributed by atoms with Gasteiger partial charge in [-0.1, -0.05) is 6.92 Å². The van der Waals surface area contributed by atoms with E-state index in [1.807, 2.05) is 6.92 Å². The molecule has 1 atom stereocenters. The highest BCUT2D eigenvalue weighted by molar-refractivity contribution is 7.19. The predicted molar refractivity (Wildman–Crippen MR) is 86.5 cm³/mol. The second-order valence-corrected chi connectivity index (χ2v) is 6.80. The molecule has 3 N–H and O–H groups in total. The van der Waals surface area contributed by atoms with Gasteiger partial charge in [0.2, 0.25) is 0 Å². The van der Waals surface area contributed by atoms with E-state index in [1.54, 1.807) is 18.4 Å². The lowest BCUT2D eigenvalue weighted by molar-refractivity contribution is -0.00855. The number of thiophene rings is 1. The Balaban J connectivity index is 2.23. The summed E-state index contributed by atoms with van der Waals surface area (Å²) >= 11 is 1.78. The van der Waals surface area contributed by atoms with Crippen LogP contribution >= 0.6 is 11.3 Å². The minimum Gasteiger partial charge on any atom is -0.371 e. The first kappa shape index (κ1) is 14.7. The molecule has 21 heavy (non-hydrogen) atoms. The number of nitrogens with one attached hydrogen (secondary N) is 1. The van der Waals surface area contributed by atoms with Crippen LogP contribution in [0.25, 0.3) is 10.2 Å². The van der Waals surface area contributed by atoms with Gasteiger partial charge in [0.25, 0.3) is 0 Å². The van der Waals surface area contributed by atoms with Gasteiger partial charge in [0.1, 0.15) is 10.4 Å². The average molecular weight is 306 g/mol. The van der Waals surface area contributed by atoms with Gasteiger partial charge in [-0.15, -0.1) is 11.3 Å². The van der Waals surface area contributed by atoms with Crippen molar-refractivity contribution in [3.63, 3.8) is 0 Å². The number of anilines is 1. The SMILES string of the molecule is CCC(C)(OC)c1nc(NN)c2c3c(sc2n1)CCCC3. The molecule has 2 aromatic heterocycles. The monoisotopic (exact) mass is 306 g/mol. The van der Waals surface area contributed by atoms with Crippen molar-refractivity contribution < 1.29 is 4.74 Å². The van der Waals surface area contributed by atoms with Crippen LogP contribution in [0.5, 0.6) is 0 Å². The lowest BCUT2D eigenvalue weighted by atomic mass is 9.96. The highest BCUT2D eigenvalue weighted by Crippen LogP contribution is 2.39. The predicted octanol–water partition coefficient (Wildman–Crippen LogP) is 3.13. The zero-order chi connectivity index (χ0) is 15.0. The van der Waals surface area contributed by atoms with E-state index in [1.165, 1.54) is 23.3 Å². The number of hydrazine groups is 1. The van der Waals surface area contributed by atoms with E-state index in [9.17, 15) is 0 Å². The molecule has 5 nitrogen and oxygen atoms in total. The lowest BCUT2D eigenvalue weighted by Gasteiger charge is -2.25. The van der Waals surface area contributed by atoms with Crippen molar-refractivity contribution in [1.29, 1.82) is 0 Å². The van der Waals surface area contributed by atoms with Crippen molar-refractivity contribution in [1.82, 2.24) is 9.97 Å². The lowest BCUT2D eigenvalue weighted by Crippen LogP contribution is -2.27. The fourth-order valence-corrected chi connectivity index (χ4v) is 4.15. The first-order chi connectivity index (χ1) is 10.1. The summed E-state index contributed by atoms with van der Waals surface area (Å²) in [5, 5.41) is 1.11. The molecule has 2 heterocycles. The summed E-state index contributed by atoms with van der Waals surface area (Å²) in [5.74, 6) is 7.16. The van der Waals surface area contributed by atoms with E-state index in [2.05, 4.69) is 17.3 Å². The van der Waals surface area contributed by atoms with E-state index in [0.29, 0.717) is 5.82 Å². The van der Waals surface area contributed by atoms with Crippen LogP contribution in [0, 0.1) is 0 Å². The van der Waals surface area contributed by atoms with Crippen LogP contribution in [-0.2, 0) is 23.2 Å². The number of hydrogen-bond donors (Lipinski definition) is 2. The molecule has 0 saturated heterocycles. The van der Waals surface area contributed by atoms with Gasteiger partial charge in [0.05, 0.1) is 5.39 Å². The molecule has 3 rings (SSSR count). The third-order valence-electron chi connectivity index (χ3n) is 4.55. The average Bonchev–Trinajstić information content (AvgIpc) is 2.91. The van der Waals surface area contributed by atoms with Crippen LogP contribution in [0.4, 0.5) is 5.82 Å². The number of fused-ring (bicyclic) bond motifs is 3. The molecule has 0 fully saturated rings. The van der Waals surface area contributed by atoms with Crippen LogP contribution in [0.2, 0.25) is 0 Å². The third-order valence-corrected chi connectivity index (χ3v) is 5.74. The van der Waals surface area contributed by atoms with Crippen LogP contribution in [0.15, 0.2) is 0 Å². The molecule has 1 unspecified atom stereocenters. The Hall–Kier alpha value is -1.24. The number of aromatic nitrogens is 2. The molecule has 1 aliphatic rings. The maximum absolute atomic E-state index is 5.73. The molecular weight excluding hydrogens is 284 g/mol. The standard InChI is InChI=1S/C15H22N4OS/c1-4-15(2,20-3)14-17-12(19-16)11-9-7-5-6-8-10(9)21-13(11)18-14/h4-8,16H2,1-3H3,(H,17,18,19). The quantitative estimate of drug-likeness (QED) is 0.670. The second-order valence-electron chi connectivity index (χ2n) is 5.72. The van der Waals surface area contributed by atoms with Crippen molar-refractivity contribution in [2.75, 3.05) is 12.5 Å². The summed E-state index contributed by atoms with van der Waals surface area (Å²) in [6.07, 6.45) is 5.54. The molecular formula is C15H22N4OS. The Morgan fingerprint density at radius 3 is 2.76 bits per heavy atom. The maximum Gasteiger partial charge on any atom is 0.163 e. The Morgan fingerprint density at radius 1 is 1.33 bits per heavy atom. The Kier molecular flexibility index (Phi) is 3.86. The molecule has 0 radical (unpaired) electrons. The van der Waals surface area contributed by atoms with Crippen molar-refractivity contribution in [3.05, 3.63) is 16.3 Å². The number of nitrogen functional groups attached to an aromatic ring is 1. The van der Waals surface area contributed by atoms with Crippen molar-refractivity contribution >= 4 is 27.4 Å². The normalized spacial score (nSPS) is 17.5. The zero-order valence-electron chi connectivity index (χ0n) is 12.8. The first-order valence-corrected chi connectivity index (χ1v) is 8.29. The number of aryl methyl sites for hydroxylation is 2.